The lowest BCUT2D eigenvalue weighted by Crippen LogP contribution is -1.89. The van der Waals surface area contributed by atoms with Gasteiger partial charge in [-0.2, -0.15) is 0 Å². The molecule has 0 saturated carbocycles. The van der Waals surface area contributed by atoms with Gasteiger partial charge >= 0.3 is 0 Å². The zero-order valence-corrected chi connectivity index (χ0v) is 9.72. The predicted molar refractivity (Wildman–Crippen MR) is 67.4 cm³/mol. The van der Waals surface area contributed by atoms with Crippen molar-refractivity contribution < 1.29 is 0 Å². The maximum atomic E-state index is 3.79. The second kappa shape index (κ2) is 6.20. The first-order valence-corrected chi connectivity index (χ1v) is 5.05. The molecule has 1 aromatic rings. The highest BCUT2D eigenvalue weighted by Crippen LogP contribution is 2.19. The van der Waals surface area contributed by atoms with Crippen LogP contribution in [0, 0.1) is 13.8 Å². The molecule has 0 nitrogen and oxygen atoms in total. The monoisotopic (exact) mass is 188 g/mol. The first-order valence-electron chi connectivity index (χ1n) is 5.05. The zero-order valence-electron chi connectivity index (χ0n) is 9.72. The van der Waals surface area contributed by atoms with E-state index in [0.717, 1.165) is 5.56 Å². The Kier molecular flexibility index (Phi) is 5.62. The molecule has 1 aromatic carbocycles. The molecular weight excluding hydrogens is 168 g/mol. The van der Waals surface area contributed by atoms with Crippen molar-refractivity contribution >= 4 is 12.2 Å². The normalized spacial score (nSPS) is 8.57. The van der Waals surface area contributed by atoms with Gasteiger partial charge in [-0.05, 0) is 36.1 Å². The van der Waals surface area contributed by atoms with Crippen molar-refractivity contribution in [2.75, 3.05) is 0 Å². The van der Waals surface area contributed by atoms with Crippen molar-refractivity contribution in [3.8, 4) is 0 Å². The maximum Gasteiger partial charge on any atom is -0.0158 e. The Morgan fingerprint density at radius 3 is 2.00 bits per heavy atom. The average molecular weight is 188 g/mol. The van der Waals surface area contributed by atoms with Crippen LogP contribution < -0.4 is 0 Å². The number of hydrogen-bond donors (Lipinski definition) is 0. The number of hydrogen-bond acceptors (Lipinski definition) is 0. The van der Waals surface area contributed by atoms with Crippen LogP contribution >= 0.6 is 0 Å². The molecule has 0 heterocycles. The molecule has 0 radical (unpaired) electrons. The molecule has 0 atom stereocenters. The quantitative estimate of drug-likeness (QED) is 0.635. The molecule has 0 saturated heterocycles. The summed E-state index contributed by atoms with van der Waals surface area (Å²) in [6.45, 7) is 15.8. The summed E-state index contributed by atoms with van der Waals surface area (Å²) in [5, 5.41) is 0. The van der Waals surface area contributed by atoms with Crippen LogP contribution in [0.2, 0.25) is 0 Å². The Balaban J connectivity index is 0.000000791. The smallest absolute Gasteiger partial charge is 0.0158 e. The third-order valence-corrected chi connectivity index (χ3v) is 2.24. The van der Waals surface area contributed by atoms with Gasteiger partial charge in [-0.25, -0.2) is 0 Å². The minimum absolute atomic E-state index is 1.16. The van der Waals surface area contributed by atoms with Crippen LogP contribution in [-0.4, -0.2) is 0 Å². The minimum atomic E-state index is 1.16. The van der Waals surface area contributed by atoms with E-state index in [4.69, 9.17) is 0 Å². The standard InChI is InChI=1S/C12H14.C2H6/c1-5-11-8-7-9(3)10(4)12(11)6-2;1-2/h5-8H,1-2H2,3-4H3;1-2H3. The minimum Gasteiger partial charge on any atom is -0.0984 e. The molecule has 14 heavy (non-hydrogen) atoms. The molecule has 0 aliphatic heterocycles. The second-order valence-electron chi connectivity index (χ2n) is 2.92. The Labute approximate surface area is 88.0 Å². The lowest BCUT2D eigenvalue weighted by atomic mass is 9.98. The fraction of sp³-hybridized carbons (Fsp3) is 0.286. The lowest BCUT2D eigenvalue weighted by Gasteiger charge is -2.07. The summed E-state index contributed by atoms with van der Waals surface area (Å²) >= 11 is 0. The van der Waals surface area contributed by atoms with Gasteiger partial charge < -0.3 is 0 Å². The molecule has 1 rings (SSSR count). The molecule has 76 valence electrons. The highest BCUT2D eigenvalue weighted by molar-refractivity contribution is 5.67. The highest BCUT2D eigenvalue weighted by Gasteiger charge is 2.00. The second-order valence-corrected chi connectivity index (χ2v) is 2.92. The molecule has 0 aliphatic carbocycles. The lowest BCUT2D eigenvalue weighted by molar-refractivity contribution is 1.32. The van der Waals surface area contributed by atoms with Crippen LogP contribution in [0.5, 0.6) is 0 Å². The Bertz CT molecular complexity index is 319. The van der Waals surface area contributed by atoms with Gasteiger partial charge in [0, 0.05) is 0 Å². The van der Waals surface area contributed by atoms with E-state index in [1.54, 1.807) is 0 Å². The molecule has 0 fully saturated rings. The van der Waals surface area contributed by atoms with E-state index in [9.17, 15) is 0 Å². The summed E-state index contributed by atoms with van der Waals surface area (Å²) in [6, 6.07) is 4.19. The molecule has 0 amide bonds. The molecule has 0 bridgehead atoms. The van der Waals surface area contributed by atoms with E-state index in [0.29, 0.717) is 0 Å². The fourth-order valence-electron chi connectivity index (χ4n) is 1.31. The van der Waals surface area contributed by atoms with E-state index in [-0.39, 0.29) is 0 Å². The van der Waals surface area contributed by atoms with Crippen molar-refractivity contribution in [1.29, 1.82) is 0 Å². The average Bonchev–Trinajstić information content (AvgIpc) is 2.24. The number of benzene rings is 1. The topological polar surface area (TPSA) is 0 Å². The fourth-order valence-corrected chi connectivity index (χ4v) is 1.31. The maximum absolute atomic E-state index is 3.79. The largest absolute Gasteiger partial charge is 0.0984 e. The van der Waals surface area contributed by atoms with Crippen molar-refractivity contribution in [3.05, 3.63) is 47.5 Å². The summed E-state index contributed by atoms with van der Waals surface area (Å²) in [5.41, 5.74) is 4.95. The van der Waals surface area contributed by atoms with Gasteiger partial charge in [0.2, 0.25) is 0 Å². The SMILES string of the molecule is C=Cc1ccc(C)c(C)c1C=C.CC. The Morgan fingerprint density at radius 1 is 1.00 bits per heavy atom. The Hall–Kier alpha value is -1.30. The van der Waals surface area contributed by atoms with Crippen LogP contribution in [0.1, 0.15) is 36.1 Å². The van der Waals surface area contributed by atoms with Crippen molar-refractivity contribution in [1.82, 2.24) is 0 Å². The first-order chi connectivity index (χ1) is 6.70. The summed E-state index contributed by atoms with van der Waals surface area (Å²) in [7, 11) is 0. The predicted octanol–water partition coefficient (Wildman–Crippen LogP) is 4.62. The molecule has 0 aromatic heterocycles. The van der Waals surface area contributed by atoms with Crippen LogP contribution in [-0.2, 0) is 0 Å². The van der Waals surface area contributed by atoms with Gasteiger partial charge in [0.25, 0.3) is 0 Å². The number of aryl methyl sites for hydroxylation is 1. The highest BCUT2D eigenvalue weighted by atomic mass is 14.1. The Morgan fingerprint density at radius 2 is 1.57 bits per heavy atom. The van der Waals surface area contributed by atoms with Gasteiger partial charge in [-0.15, -0.1) is 0 Å². The van der Waals surface area contributed by atoms with E-state index in [2.05, 4.69) is 39.1 Å². The van der Waals surface area contributed by atoms with E-state index in [1.807, 2.05) is 26.0 Å². The summed E-state index contributed by atoms with van der Waals surface area (Å²) in [4.78, 5) is 0. The van der Waals surface area contributed by atoms with Crippen LogP contribution in [0.3, 0.4) is 0 Å². The van der Waals surface area contributed by atoms with Gasteiger partial charge in [-0.1, -0.05) is 51.3 Å². The summed E-state index contributed by atoms with van der Waals surface area (Å²) in [5.74, 6) is 0. The first kappa shape index (κ1) is 12.7. The third-order valence-electron chi connectivity index (χ3n) is 2.24. The van der Waals surface area contributed by atoms with Crippen molar-refractivity contribution in [3.63, 3.8) is 0 Å². The molecular formula is C14H20. The summed E-state index contributed by atoms with van der Waals surface area (Å²) < 4.78 is 0. The van der Waals surface area contributed by atoms with Gasteiger partial charge in [0.05, 0.1) is 0 Å². The van der Waals surface area contributed by atoms with Crippen LogP contribution in [0.4, 0.5) is 0 Å². The molecule has 0 spiro atoms. The van der Waals surface area contributed by atoms with E-state index >= 15 is 0 Å². The van der Waals surface area contributed by atoms with Gasteiger partial charge in [0.15, 0.2) is 0 Å². The van der Waals surface area contributed by atoms with Gasteiger partial charge in [0.1, 0.15) is 0 Å². The zero-order chi connectivity index (χ0) is 11.1. The number of rotatable bonds is 2. The summed E-state index contributed by atoms with van der Waals surface area (Å²) in [6.07, 6.45) is 3.75. The van der Waals surface area contributed by atoms with Crippen molar-refractivity contribution in [2.24, 2.45) is 0 Å². The van der Waals surface area contributed by atoms with Gasteiger partial charge in [-0.3, -0.25) is 0 Å². The molecule has 0 heteroatoms. The van der Waals surface area contributed by atoms with Crippen molar-refractivity contribution in [2.45, 2.75) is 27.7 Å². The van der Waals surface area contributed by atoms with E-state index in [1.165, 1.54) is 16.7 Å². The van der Waals surface area contributed by atoms with Crippen LogP contribution in [0.15, 0.2) is 25.3 Å². The molecule has 0 aliphatic rings. The molecule has 0 N–H and O–H groups in total. The van der Waals surface area contributed by atoms with Crippen LogP contribution in [0.25, 0.3) is 12.2 Å². The third kappa shape index (κ3) is 2.59. The molecule has 0 unspecified atom stereocenters. The van der Waals surface area contributed by atoms with E-state index < -0.39 is 0 Å².